The highest BCUT2D eigenvalue weighted by Gasteiger charge is 2.11. The van der Waals surface area contributed by atoms with Crippen molar-refractivity contribution in [1.29, 1.82) is 0 Å². The third-order valence-electron chi connectivity index (χ3n) is 3.82. The van der Waals surface area contributed by atoms with Crippen LogP contribution in [0.2, 0.25) is 5.02 Å². The number of guanidine groups is 1. The number of benzene rings is 1. The molecule has 0 fully saturated rings. The van der Waals surface area contributed by atoms with Crippen molar-refractivity contribution in [3.8, 4) is 5.75 Å². The third-order valence-corrected chi connectivity index (χ3v) is 5.00. The molecule has 0 saturated carbocycles. The zero-order valence-electron chi connectivity index (χ0n) is 16.8. The minimum Gasteiger partial charge on any atom is -0.492 e. The number of carbonyl (C=O) groups excluding carboxylic acids is 1. The lowest BCUT2D eigenvalue weighted by molar-refractivity contribution is 0.0958. The van der Waals surface area contributed by atoms with E-state index < -0.39 is 0 Å². The zero-order chi connectivity index (χ0) is 20.4. The molecule has 29 heavy (non-hydrogen) atoms. The molecule has 1 aromatic heterocycles. The highest BCUT2D eigenvalue weighted by molar-refractivity contribution is 14.0. The molecule has 7 nitrogen and oxygen atoms in total. The molecule has 1 heterocycles. The Morgan fingerprint density at radius 3 is 2.66 bits per heavy atom. The summed E-state index contributed by atoms with van der Waals surface area (Å²) in [5.41, 5.74) is 2.42. The number of aliphatic imine (C=N–C) groups is 1. The molecule has 2 aromatic rings. The van der Waals surface area contributed by atoms with Crippen LogP contribution < -0.4 is 15.4 Å². The number of nitrogens with one attached hydrogen (secondary N) is 2. The predicted octanol–water partition coefficient (Wildman–Crippen LogP) is 3.43. The van der Waals surface area contributed by atoms with Crippen LogP contribution >= 0.6 is 46.9 Å². The van der Waals surface area contributed by atoms with Gasteiger partial charge >= 0.3 is 0 Å². The molecule has 0 radical (unpaired) electrons. The van der Waals surface area contributed by atoms with E-state index in [1.807, 2.05) is 37.9 Å². The number of amides is 1. The molecule has 1 aromatic carbocycles. The van der Waals surface area contributed by atoms with E-state index in [2.05, 4.69) is 20.6 Å². The second-order valence-electron chi connectivity index (χ2n) is 5.98. The molecule has 2 N–H and O–H groups in total. The summed E-state index contributed by atoms with van der Waals surface area (Å²) in [4.78, 5) is 23.4. The lowest BCUT2D eigenvalue weighted by Crippen LogP contribution is -2.41. The van der Waals surface area contributed by atoms with Crippen molar-refractivity contribution in [3.63, 3.8) is 0 Å². The molecule has 0 saturated heterocycles. The molecule has 0 aliphatic rings. The fourth-order valence-electron chi connectivity index (χ4n) is 2.34. The molecular weight excluding hydrogens is 525 g/mol. The topological polar surface area (TPSA) is 78.8 Å². The maximum Gasteiger partial charge on any atom is 0.263 e. The van der Waals surface area contributed by atoms with Crippen molar-refractivity contribution >= 4 is 58.8 Å². The summed E-state index contributed by atoms with van der Waals surface area (Å²) in [7, 11) is 1.95. The number of aryl methyl sites for hydroxylation is 1. The standard InChI is InChI=1S/C19H26ClN5O2S.HI/c1-4-21-19(23-10-9-22-18(26)17-14(2)24-13-28-17)25(3)11-12-27-16-7-5-15(20)6-8-16;/h5-8,13H,4,9-12H2,1-3H3,(H,21,23)(H,22,26);1H. The Bertz CT molecular complexity index is 785. The summed E-state index contributed by atoms with van der Waals surface area (Å²) < 4.78 is 5.72. The van der Waals surface area contributed by atoms with E-state index in [4.69, 9.17) is 16.3 Å². The van der Waals surface area contributed by atoms with Gasteiger partial charge in [-0.15, -0.1) is 35.3 Å². The van der Waals surface area contributed by atoms with Gasteiger partial charge in [-0.25, -0.2) is 4.98 Å². The second kappa shape index (κ2) is 13.6. The van der Waals surface area contributed by atoms with Crippen LogP contribution in [0.4, 0.5) is 0 Å². The second-order valence-corrected chi connectivity index (χ2v) is 7.27. The number of carbonyl (C=O) groups is 1. The van der Waals surface area contributed by atoms with Gasteiger partial charge in [-0.2, -0.15) is 0 Å². The molecule has 0 aliphatic carbocycles. The van der Waals surface area contributed by atoms with Crippen molar-refractivity contribution in [3.05, 3.63) is 45.4 Å². The fraction of sp³-hybridized carbons (Fsp3) is 0.421. The smallest absolute Gasteiger partial charge is 0.263 e. The lowest BCUT2D eigenvalue weighted by atomic mass is 10.3. The van der Waals surface area contributed by atoms with Crippen LogP contribution in [0.15, 0.2) is 34.8 Å². The van der Waals surface area contributed by atoms with Crippen LogP contribution in [-0.2, 0) is 0 Å². The summed E-state index contributed by atoms with van der Waals surface area (Å²) in [6.07, 6.45) is 0. The molecule has 0 bridgehead atoms. The average molecular weight is 552 g/mol. The van der Waals surface area contributed by atoms with E-state index in [1.165, 1.54) is 11.3 Å². The van der Waals surface area contributed by atoms with E-state index in [0.29, 0.717) is 36.1 Å². The summed E-state index contributed by atoms with van der Waals surface area (Å²) in [6, 6.07) is 7.28. The van der Waals surface area contributed by atoms with Crippen LogP contribution in [0.1, 0.15) is 22.3 Å². The molecule has 1 amide bonds. The van der Waals surface area contributed by atoms with E-state index >= 15 is 0 Å². The van der Waals surface area contributed by atoms with Crippen LogP contribution in [0.3, 0.4) is 0 Å². The van der Waals surface area contributed by atoms with Gasteiger partial charge in [-0.05, 0) is 38.1 Å². The molecule has 2 rings (SSSR count). The average Bonchev–Trinajstić information content (AvgIpc) is 3.11. The summed E-state index contributed by atoms with van der Waals surface area (Å²) >= 11 is 7.21. The normalized spacial score (nSPS) is 10.8. The number of nitrogens with zero attached hydrogens (tertiary/aromatic N) is 3. The number of hydrogen-bond acceptors (Lipinski definition) is 5. The summed E-state index contributed by atoms with van der Waals surface area (Å²) in [6.45, 7) is 6.72. The number of halogens is 2. The monoisotopic (exact) mass is 551 g/mol. The van der Waals surface area contributed by atoms with E-state index in [9.17, 15) is 4.79 Å². The Balaban J connectivity index is 0.00000420. The first-order valence-corrected chi connectivity index (χ1v) is 10.3. The third kappa shape index (κ3) is 8.75. The molecule has 0 atom stereocenters. The van der Waals surface area contributed by atoms with Crippen molar-refractivity contribution < 1.29 is 9.53 Å². The number of rotatable bonds is 9. The highest BCUT2D eigenvalue weighted by Crippen LogP contribution is 2.15. The predicted molar refractivity (Wildman–Crippen MR) is 130 cm³/mol. The minimum absolute atomic E-state index is 0. The SMILES string of the molecule is CCNC(=NCCNC(=O)c1scnc1C)N(C)CCOc1ccc(Cl)cc1.I. The van der Waals surface area contributed by atoms with Gasteiger partial charge in [-0.3, -0.25) is 9.79 Å². The van der Waals surface area contributed by atoms with E-state index in [1.54, 1.807) is 17.6 Å². The number of likely N-dealkylation sites (N-methyl/N-ethyl adjacent to an activating group) is 1. The van der Waals surface area contributed by atoms with Gasteiger partial charge in [0.2, 0.25) is 0 Å². The Hall–Kier alpha value is -1.59. The van der Waals surface area contributed by atoms with Gasteiger partial charge in [0.05, 0.1) is 24.3 Å². The van der Waals surface area contributed by atoms with Crippen LogP contribution in [0.25, 0.3) is 0 Å². The van der Waals surface area contributed by atoms with Crippen molar-refractivity contribution in [2.75, 3.05) is 39.8 Å². The van der Waals surface area contributed by atoms with Gasteiger partial charge < -0.3 is 20.3 Å². The first-order chi connectivity index (χ1) is 13.5. The van der Waals surface area contributed by atoms with Gasteiger partial charge in [0, 0.05) is 25.2 Å². The number of ether oxygens (including phenoxy) is 1. The molecule has 10 heteroatoms. The van der Waals surface area contributed by atoms with E-state index in [0.717, 1.165) is 23.9 Å². The quantitative estimate of drug-likeness (QED) is 0.216. The molecule has 0 spiro atoms. The molecule has 160 valence electrons. The van der Waals surface area contributed by atoms with Gasteiger partial charge in [-0.1, -0.05) is 11.6 Å². The Morgan fingerprint density at radius 1 is 1.31 bits per heavy atom. The van der Waals surface area contributed by atoms with Crippen LogP contribution in [0.5, 0.6) is 5.75 Å². The molecule has 0 unspecified atom stereocenters. The zero-order valence-corrected chi connectivity index (χ0v) is 20.7. The number of aromatic nitrogens is 1. The first-order valence-electron chi connectivity index (χ1n) is 9.07. The van der Waals surface area contributed by atoms with Gasteiger partial charge in [0.15, 0.2) is 5.96 Å². The highest BCUT2D eigenvalue weighted by atomic mass is 127. The van der Waals surface area contributed by atoms with Crippen molar-refractivity contribution in [2.45, 2.75) is 13.8 Å². The summed E-state index contributed by atoms with van der Waals surface area (Å²) in [5.74, 6) is 1.44. The maximum absolute atomic E-state index is 12.1. The van der Waals surface area contributed by atoms with Crippen molar-refractivity contribution in [1.82, 2.24) is 20.5 Å². The van der Waals surface area contributed by atoms with Gasteiger partial charge in [0.1, 0.15) is 17.2 Å². The number of hydrogen-bond donors (Lipinski definition) is 2. The Morgan fingerprint density at radius 2 is 2.03 bits per heavy atom. The van der Waals surface area contributed by atoms with Crippen LogP contribution in [0, 0.1) is 6.92 Å². The minimum atomic E-state index is -0.107. The molecular formula is C19H27ClIN5O2S. The maximum atomic E-state index is 12.1. The first kappa shape index (κ1) is 25.4. The molecule has 0 aliphatic heterocycles. The Labute approximate surface area is 197 Å². The Kier molecular flexibility index (Phi) is 11.9. The van der Waals surface area contributed by atoms with E-state index in [-0.39, 0.29) is 29.9 Å². The number of thiazole rings is 1. The summed E-state index contributed by atoms with van der Waals surface area (Å²) in [5, 5.41) is 6.80. The fourth-order valence-corrected chi connectivity index (χ4v) is 3.18. The largest absolute Gasteiger partial charge is 0.492 e. The lowest BCUT2D eigenvalue weighted by Gasteiger charge is -2.22. The van der Waals surface area contributed by atoms with Crippen LogP contribution in [-0.4, -0.2) is 61.6 Å². The van der Waals surface area contributed by atoms with Crippen molar-refractivity contribution in [2.24, 2.45) is 4.99 Å². The van der Waals surface area contributed by atoms with Gasteiger partial charge in [0.25, 0.3) is 5.91 Å².